The minimum Gasteiger partial charge on any atom is -0.296 e. The van der Waals surface area contributed by atoms with Gasteiger partial charge in [0.25, 0.3) is 0 Å². The van der Waals surface area contributed by atoms with Gasteiger partial charge in [0.05, 0.1) is 6.67 Å². The number of hydrogen-bond acceptors (Lipinski definition) is 2. The summed E-state index contributed by atoms with van der Waals surface area (Å²) in [6.07, 6.45) is 0. The van der Waals surface area contributed by atoms with E-state index < -0.39 is 0 Å². The van der Waals surface area contributed by atoms with Crippen molar-refractivity contribution in [1.82, 2.24) is 5.32 Å². The van der Waals surface area contributed by atoms with Crippen LogP contribution in [0.5, 0.6) is 0 Å². The predicted octanol–water partition coefficient (Wildman–Crippen LogP) is 0.643. The van der Waals surface area contributed by atoms with Gasteiger partial charge in [-0.05, 0) is 20.6 Å². The average molecular weight is 100 g/mol. The fourth-order valence-electron chi connectivity index (χ4n) is 0.247. The van der Waals surface area contributed by atoms with Crippen molar-refractivity contribution in [2.24, 2.45) is 4.99 Å². The first-order valence-corrected chi connectivity index (χ1v) is 2.43. The fraction of sp³-hybridized carbons (Fsp3) is 0.800. The third-order valence-corrected chi connectivity index (χ3v) is 0.611. The Labute approximate surface area is 44.6 Å². The molecule has 0 bridgehead atoms. The second kappa shape index (κ2) is 3.81. The molecule has 0 fully saturated rings. The Bertz CT molecular complexity index is 50.0. The average Bonchev–Trinajstić information content (AvgIpc) is 1.61. The number of aliphatic imine (C=N–C) groups is 1. The summed E-state index contributed by atoms with van der Waals surface area (Å²) in [6, 6.07) is 0.519. The van der Waals surface area contributed by atoms with E-state index in [9.17, 15) is 0 Å². The highest BCUT2D eigenvalue weighted by Crippen LogP contribution is 1.72. The highest BCUT2D eigenvalue weighted by atomic mass is 15.0. The van der Waals surface area contributed by atoms with Crippen LogP contribution in [0, 0.1) is 0 Å². The molecule has 0 aromatic rings. The van der Waals surface area contributed by atoms with Gasteiger partial charge in [0.15, 0.2) is 0 Å². The van der Waals surface area contributed by atoms with E-state index in [0.29, 0.717) is 12.7 Å². The molecule has 0 unspecified atom stereocenters. The van der Waals surface area contributed by atoms with Crippen molar-refractivity contribution < 1.29 is 0 Å². The Hall–Kier alpha value is -0.370. The molecule has 0 aliphatic carbocycles. The summed E-state index contributed by atoms with van der Waals surface area (Å²) in [5.41, 5.74) is 0. The summed E-state index contributed by atoms with van der Waals surface area (Å²) < 4.78 is 0. The summed E-state index contributed by atoms with van der Waals surface area (Å²) in [5.74, 6) is 0. The second-order valence-corrected chi connectivity index (χ2v) is 1.74. The van der Waals surface area contributed by atoms with Gasteiger partial charge in [-0.1, -0.05) is 0 Å². The smallest absolute Gasteiger partial charge is 0.0879 e. The van der Waals surface area contributed by atoms with E-state index in [0.717, 1.165) is 0 Å². The molecule has 2 nitrogen and oxygen atoms in total. The maximum atomic E-state index is 3.61. The lowest BCUT2D eigenvalue weighted by atomic mass is 10.4. The van der Waals surface area contributed by atoms with Gasteiger partial charge >= 0.3 is 0 Å². The molecule has 0 atom stereocenters. The van der Waals surface area contributed by atoms with Crippen LogP contribution in [0.4, 0.5) is 0 Å². The molecule has 42 valence electrons. The Balaban J connectivity index is 2.81. The first-order valence-electron chi connectivity index (χ1n) is 2.43. The number of hydrogen-bond donors (Lipinski definition) is 1. The van der Waals surface area contributed by atoms with Crippen molar-refractivity contribution in [3.8, 4) is 0 Å². The van der Waals surface area contributed by atoms with Gasteiger partial charge in [0.2, 0.25) is 0 Å². The van der Waals surface area contributed by atoms with Crippen LogP contribution in [0.25, 0.3) is 0 Å². The molecule has 0 aromatic carbocycles. The van der Waals surface area contributed by atoms with Gasteiger partial charge in [0, 0.05) is 6.04 Å². The van der Waals surface area contributed by atoms with Gasteiger partial charge in [-0.15, -0.1) is 0 Å². The normalized spacial score (nSPS) is 9.57. The molecule has 1 N–H and O–H groups in total. The molecule has 0 heterocycles. The third-order valence-electron chi connectivity index (χ3n) is 0.611. The topological polar surface area (TPSA) is 24.4 Å². The lowest BCUT2D eigenvalue weighted by Crippen LogP contribution is -2.22. The fourth-order valence-corrected chi connectivity index (χ4v) is 0.247. The minimum absolute atomic E-state index is 0.519. The lowest BCUT2D eigenvalue weighted by molar-refractivity contribution is 0.605. The predicted molar refractivity (Wildman–Crippen MR) is 32.7 cm³/mol. The lowest BCUT2D eigenvalue weighted by Gasteiger charge is -2.01. The van der Waals surface area contributed by atoms with Crippen molar-refractivity contribution in [3.63, 3.8) is 0 Å². The van der Waals surface area contributed by atoms with Gasteiger partial charge in [-0.25, -0.2) is 0 Å². The molecule has 2 heteroatoms. The van der Waals surface area contributed by atoms with Crippen LogP contribution in [0.15, 0.2) is 4.99 Å². The van der Waals surface area contributed by atoms with Crippen LogP contribution in [-0.2, 0) is 0 Å². The maximum absolute atomic E-state index is 3.61. The molecule has 0 saturated heterocycles. The Morgan fingerprint density at radius 1 is 1.71 bits per heavy atom. The van der Waals surface area contributed by atoms with E-state index in [4.69, 9.17) is 0 Å². The van der Waals surface area contributed by atoms with Crippen molar-refractivity contribution in [1.29, 1.82) is 0 Å². The molecule has 0 radical (unpaired) electrons. The molecule has 0 rings (SSSR count). The standard InChI is InChI=1S/C5H12N2/c1-5(2)7-4-6-3/h5,7H,3-4H2,1-2H3. The highest BCUT2D eigenvalue weighted by molar-refractivity contribution is 5.22. The van der Waals surface area contributed by atoms with Crippen LogP contribution in [0.2, 0.25) is 0 Å². The monoisotopic (exact) mass is 100 g/mol. The van der Waals surface area contributed by atoms with Crippen LogP contribution in [0.1, 0.15) is 13.8 Å². The molecule has 0 aromatic heterocycles. The van der Waals surface area contributed by atoms with Crippen molar-refractivity contribution in [2.75, 3.05) is 6.67 Å². The van der Waals surface area contributed by atoms with E-state index in [2.05, 4.69) is 30.9 Å². The third kappa shape index (κ3) is 5.63. The molecule has 7 heavy (non-hydrogen) atoms. The number of nitrogens with zero attached hydrogens (tertiary/aromatic N) is 1. The van der Waals surface area contributed by atoms with E-state index in [1.807, 2.05) is 0 Å². The SMILES string of the molecule is C=NCNC(C)C. The van der Waals surface area contributed by atoms with E-state index in [-0.39, 0.29) is 0 Å². The van der Waals surface area contributed by atoms with Crippen LogP contribution in [-0.4, -0.2) is 19.4 Å². The molecule has 0 spiro atoms. The van der Waals surface area contributed by atoms with Crippen LogP contribution < -0.4 is 5.32 Å². The molecule has 0 saturated carbocycles. The number of nitrogens with one attached hydrogen (secondary N) is 1. The van der Waals surface area contributed by atoms with Crippen LogP contribution >= 0.6 is 0 Å². The molecule has 0 aliphatic rings. The Morgan fingerprint density at radius 3 is 2.43 bits per heavy atom. The van der Waals surface area contributed by atoms with E-state index in [1.54, 1.807) is 0 Å². The second-order valence-electron chi connectivity index (χ2n) is 1.74. The molecular formula is C5H12N2. The number of rotatable bonds is 3. The zero-order valence-corrected chi connectivity index (χ0v) is 4.94. The summed E-state index contributed by atoms with van der Waals surface area (Å²) >= 11 is 0. The summed E-state index contributed by atoms with van der Waals surface area (Å²) in [6.45, 7) is 8.13. The van der Waals surface area contributed by atoms with Gasteiger partial charge in [-0.2, -0.15) is 0 Å². The van der Waals surface area contributed by atoms with Crippen molar-refractivity contribution >= 4 is 6.72 Å². The zero-order valence-electron chi connectivity index (χ0n) is 4.94. The quantitative estimate of drug-likeness (QED) is 0.517. The van der Waals surface area contributed by atoms with Crippen molar-refractivity contribution in [2.45, 2.75) is 19.9 Å². The van der Waals surface area contributed by atoms with Gasteiger partial charge < -0.3 is 0 Å². The molecule has 0 aliphatic heterocycles. The van der Waals surface area contributed by atoms with Crippen molar-refractivity contribution in [3.05, 3.63) is 0 Å². The van der Waals surface area contributed by atoms with Crippen LogP contribution in [0.3, 0.4) is 0 Å². The maximum Gasteiger partial charge on any atom is 0.0879 e. The largest absolute Gasteiger partial charge is 0.296 e. The molecule has 0 amide bonds. The van der Waals surface area contributed by atoms with E-state index in [1.165, 1.54) is 0 Å². The first kappa shape index (κ1) is 6.63. The van der Waals surface area contributed by atoms with Gasteiger partial charge in [0.1, 0.15) is 0 Å². The highest BCUT2D eigenvalue weighted by Gasteiger charge is 1.84. The van der Waals surface area contributed by atoms with E-state index >= 15 is 0 Å². The van der Waals surface area contributed by atoms with Gasteiger partial charge in [-0.3, -0.25) is 10.3 Å². The summed E-state index contributed by atoms with van der Waals surface area (Å²) in [4.78, 5) is 3.61. The summed E-state index contributed by atoms with van der Waals surface area (Å²) in [7, 11) is 0. The Kier molecular flexibility index (Phi) is 3.61. The zero-order chi connectivity index (χ0) is 5.70. The Morgan fingerprint density at radius 2 is 2.29 bits per heavy atom. The molecular weight excluding hydrogens is 88.1 g/mol. The minimum atomic E-state index is 0.519. The summed E-state index contributed by atoms with van der Waals surface area (Å²) in [5, 5.41) is 3.07. The first-order chi connectivity index (χ1) is 3.27.